The molecule has 0 saturated carbocycles. The number of aromatic nitrogens is 1. The molecule has 0 atom stereocenters. The summed E-state index contributed by atoms with van der Waals surface area (Å²) in [4.78, 5) is 6.30. The van der Waals surface area contributed by atoms with E-state index in [-0.39, 0.29) is 11.7 Å². The molecule has 1 aliphatic rings. The predicted octanol–water partition coefficient (Wildman–Crippen LogP) is 6.55. The molecule has 0 N–H and O–H groups in total. The quantitative estimate of drug-likeness (QED) is 0.430. The molecule has 0 bridgehead atoms. The van der Waals surface area contributed by atoms with E-state index in [9.17, 15) is 27.1 Å². The van der Waals surface area contributed by atoms with E-state index in [4.69, 9.17) is 0 Å². The molecule has 9 heteroatoms. The zero-order valence-electron chi connectivity index (χ0n) is 15.8. The lowest BCUT2D eigenvalue weighted by molar-refractivity contribution is -0.289. The summed E-state index contributed by atoms with van der Waals surface area (Å²) in [5.74, 6) is -4.82. The first-order valence-corrected chi connectivity index (χ1v) is 10.4. The summed E-state index contributed by atoms with van der Waals surface area (Å²) in [6.45, 7) is 1.21. The molecule has 3 nitrogen and oxygen atoms in total. The van der Waals surface area contributed by atoms with Gasteiger partial charge < -0.3 is 4.90 Å². The molecule has 0 spiro atoms. The van der Waals surface area contributed by atoms with Crippen molar-refractivity contribution in [1.82, 2.24) is 4.98 Å². The number of halogens is 5. The normalized spacial score (nSPS) is 16.4. The van der Waals surface area contributed by atoms with Crippen LogP contribution < -0.4 is 4.90 Å². The number of thiazole rings is 1. The van der Waals surface area contributed by atoms with Gasteiger partial charge >= 0.3 is 12.1 Å². The monoisotopic (exact) mass is 441 g/mol. The summed E-state index contributed by atoms with van der Waals surface area (Å²) in [6, 6.07) is 7.87. The Bertz CT molecular complexity index is 1040. The number of hydrogen-bond donors (Lipinski definition) is 0. The van der Waals surface area contributed by atoms with Crippen LogP contribution in [0.25, 0.3) is 10.2 Å². The Balaban J connectivity index is 1.45. The van der Waals surface area contributed by atoms with Crippen LogP contribution in [0.2, 0.25) is 0 Å². The highest BCUT2D eigenvalue weighted by atomic mass is 32.1. The first-order valence-electron chi connectivity index (χ1n) is 9.49. The van der Waals surface area contributed by atoms with Crippen molar-refractivity contribution in [3.05, 3.63) is 53.0 Å². The number of rotatable bonds is 4. The largest absolute Gasteiger partial charge is 0.458 e. The van der Waals surface area contributed by atoms with Gasteiger partial charge in [0.05, 0.1) is 10.2 Å². The number of nitrogens with zero attached hydrogens (tertiary/aromatic N) is 2. The van der Waals surface area contributed by atoms with Crippen LogP contribution in [0.3, 0.4) is 0 Å². The van der Waals surface area contributed by atoms with Crippen LogP contribution in [0.5, 0.6) is 5.75 Å². The zero-order valence-corrected chi connectivity index (χ0v) is 16.6. The Morgan fingerprint density at radius 1 is 1.07 bits per heavy atom. The topological polar surface area (TPSA) is 36.0 Å². The van der Waals surface area contributed by atoms with E-state index in [0.29, 0.717) is 49.1 Å². The Kier molecular flexibility index (Phi) is 5.34. The lowest BCUT2D eigenvalue weighted by Crippen LogP contribution is -2.35. The zero-order chi connectivity index (χ0) is 21.5. The number of alkyl halides is 5. The number of anilines is 1. The van der Waals surface area contributed by atoms with Gasteiger partial charge in [-0.3, -0.25) is 5.11 Å². The van der Waals surface area contributed by atoms with Gasteiger partial charge in [-0.1, -0.05) is 18.2 Å². The molecule has 4 rings (SSSR count). The molecule has 2 heterocycles. The van der Waals surface area contributed by atoms with E-state index in [2.05, 4.69) is 4.98 Å². The van der Waals surface area contributed by atoms with Crippen LogP contribution in [0.15, 0.2) is 41.9 Å². The summed E-state index contributed by atoms with van der Waals surface area (Å²) in [7, 11) is 0. The van der Waals surface area contributed by atoms with E-state index >= 15 is 0 Å². The van der Waals surface area contributed by atoms with Crippen molar-refractivity contribution in [1.29, 1.82) is 0 Å². The third kappa shape index (κ3) is 3.82. The Morgan fingerprint density at radius 2 is 1.80 bits per heavy atom. The molecule has 1 aromatic heterocycles. The van der Waals surface area contributed by atoms with Crippen LogP contribution in [-0.4, -0.2) is 24.2 Å². The van der Waals surface area contributed by atoms with E-state index in [1.54, 1.807) is 17.6 Å². The van der Waals surface area contributed by atoms with Gasteiger partial charge in [0, 0.05) is 18.7 Å². The summed E-state index contributed by atoms with van der Waals surface area (Å²) >= 11 is 1.46. The van der Waals surface area contributed by atoms with Gasteiger partial charge in [0.1, 0.15) is 11.2 Å². The van der Waals surface area contributed by atoms with Crippen molar-refractivity contribution in [2.24, 2.45) is 5.92 Å². The fourth-order valence-electron chi connectivity index (χ4n) is 3.96. The van der Waals surface area contributed by atoms with Crippen molar-refractivity contribution in [3.8, 4) is 5.75 Å². The molecule has 0 amide bonds. The Morgan fingerprint density at radius 3 is 2.50 bits per heavy atom. The number of benzene rings is 2. The fourth-order valence-corrected chi connectivity index (χ4v) is 4.63. The predicted molar refractivity (Wildman–Crippen MR) is 105 cm³/mol. The van der Waals surface area contributed by atoms with Gasteiger partial charge in [0.25, 0.3) is 0 Å². The summed E-state index contributed by atoms with van der Waals surface area (Å²) in [5, 5.41) is 12.4. The standard InChI is InChI=1S/C21H18F5N2OS/c22-20(23,21(24,25)26)15-3-1-2-14(11-15)10-13-6-8-28(9-7-13)19-16(29)4-5-17-18(19)27-12-30-17/h1-5,11-13H,6-10H2. The Labute approximate surface area is 173 Å². The lowest BCUT2D eigenvalue weighted by atomic mass is 9.89. The average molecular weight is 441 g/mol. The molecule has 1 radical (unpaired) electrons. The second kappa shape index (κ2) is 7.68. The number of hydrogen-bond acceptors (Lipinski definition) is 3. The SMILES string of the molecule is [O]c1ccc2scnc2c1N1CCC(Cc2cccc(C(F)(F)C(F)(F)F)c2)CC1. The van der Waals surface area contributed by atoms with E-state index in [1.807, 2.05) is 4.90 Å². The maximum atomic E-state index is 13.6. The van der Waals surface area contributed by atoms with Gasteiger partial charge in [-0.25, -0.2) is 4.98 Å². The fraction of sp³-hybridized carbons (Fsp3) is 0.381. The molecule has 1 aliphatic heterocycles. The second-order valence-electron chi connectivity index (χ2n) is 7.52. The molecule has 159 valence electrons. The minimum atomic E-state index is -5.62. The summed E-state index contributed by atoms with van der Waals surface area (Å²) < 4.78 is 66.2. The van der Waals surface area contributed by atoms with Gasteiger partial charge in [0.15, 0.2) is 0 Å². The highest BCUT2D eigenvalue weighted by Crippen LogP contribution is 2.44. The van der Waals surface area contributed by atoms with Crippen molar-refractivity contribution < 1.29 is 27.1 Å². The first kappa shape index (κ1) is 20.8. The van der Waals surface area contributed by atoms with E-state index < -0.39 is 17.7 Å². The van der Waals surface area contributed by atoms with E-state index in [0.717, 1.165) is 16.8 Å². The number of fused-ring (bicyclic) bond motifs is 1. The highest BCUT2D eigenvalue weighted by Gasteiger charge is 2.58. The lowest BCUT2D eigenvalue weighted by Gasteiger charge is -2.34. The summed E-state index contributed by atoms with van der Waals surface area (Å²) in [6.07, 6.45) is -3.79. The van der Waals surface area contributed by atoms with E-state index in [1.165, 1.54) is 23.5 Å². The van der Waals surface area contributed by atoms with Crippen LogP contribution in [0.1, 0.15) is 24.0 Å². The minimum absolute atomic E-state index is 0.0890. The second-order valence-corrected chi connectivity index (χ2v) is 8.40. The molecule has 2 aromatic carbocycles. The maximum Gasteiger partial charge on any atom is 0.458 e. The minimum Gasteiger partial charge on any atom is -0.367 e. The van der Waals surface area contributed by atoms with Gasteiger partial charge in [-0.05, 0) is 48.9 Å². The third-order valence-electron chi connectivity index (χ3n) is 5.54. The molecular weight excluding hydrogens is 423 g/mol. The van der Waals surface area contributed by atoms with Crippen LogP contribution in [-0.2, 0) is 17.4 Å². The third-order valence-corrected chi connectivity index (χ3v) is 6.33. The smallest absolute Gasteiger partial charge is 0.367 e. The van der Waals surface area contributed by atoms with Crippen LogP contribution in [0.4, 0.5) is 27.6 Å². The molecule has 0 unspecified atom stereocenters. The van der Waals surface area contributed by atoms with Crippen molar-refractivity contribution in [2.75, 3.05) is 18.0 Å². The molecule has 1 fully saturated rings. The van der Waals surface area contributed by atoms with Crippen molar-refractivity contribution in [3.63, 3.8) is 0 Å². The average Bonchev–Trinajstić information content (AvgIpc) is 3.17. The van der Waals surface area contributed by atoms with Crippen molar-refractivity contribution >= 4 is 27.2 Å². The maximum absolute atomic E-state index is 13.6. The molecule has 0 aliphatic carbocycles. The van der Waals surface area contributed by atoms with Gasteiger partial charge in [0.2, 0.25) is 5.75 Å². The first-order chi connectivity index (χ1) is 14.2. The van der Waals surface area contributed by atoms with Gasteiger partial charge in [-0.15, -0.1) is 11.3 Å². The Hall–Kier alpha value is -2.42. The van der Waals surface area contributed by atoms with Gasteiger partial charge in [-0.2, -0.15) is 22.0 Å². The van der Waals surface area contributed by atoms with Crippen LogP contribution in [0, 0.1) is 5.92 Å². The number of piperidine rings is 1. The molecular formula is C21H18F5N2OS. The molecule has 30 heavy (non-hydrogen) atoms. The summed E-state index contributed by atoms with van der Waals surface area (Å²) in [5.41, 5.74) is 2.40. The highest BCUT2D eigenvalue weighted by molar-refractivity contribution is 7.16. The van der Waals surface area contributed by atoms with Crippen molar-refractivity contribution in [2.45, 2.75) is 31.4 Å². The molecule has 3 aromatic rings. The molecule has 1 saturated heterocycles. The van der Waals surface area contributed by atoms with Crippen LogP contribution >= 0.6 is 11.3 Å².